The lowest BCUT2D eigenvalue weighted by atomic mass is 10.5. The predicted molar refractivity (Wildman–Crippen MR) is 68.7 cm³/mol. The van der Waals surface area contributed by atoms with Crippen molar-refractivity contribution in [3.05, 3.63) is 23.8 Å². The van der Waals surface area contributed by atoms with Crippen LogP contribution in [-0.2, 0) is 13.6 Å². The third-order valence-corrected chi connectivity index (χ3v) is 4.05. The van der Waals surface area contributed by atoms with Crippen LogP contribution >= 0.6 is 7.60 Å². The summed E-state index contributed by atoms with van der Waals surface area (Å²) in [5.41, 5.74) is 0.777. The molecule has 1 aliphatic heterocycles. The fourth-order valence-electron chi connectivity index (χ4n) is 1.45. The second-order valence-electron chi connectivity index (χ2n) is 3.68. The molecule has 5 nitrogen and oxygen atoms in total. The molecule has 0 amide bonds. The van der Waals surface area contributed by atoms with Gasteiger partial charge in [0, 0.05) is 32.0 Å². The molecule has 0 aromatic carbocycles. The van der Waals surface area contributed by atoms with Gasteiger partial charge in [-0.2, -0.15) is 0 Å². The molecule has 1 rings (SSSR count). The Kier molecular flexibility index (Phi) is 5.75. The summed E-state index contributed by atoms with van der Waals surface area (Å²) in [6, 6.07) is 0. The van der Waals surface area contributed by atoms with Gasteiger partial charge in [0.1, 0.15) is 0 Å². The summed E-state index contributed by atoms with van der Waals surface area (Å²) < 4.78 is 22.7. The van der Waals surface area contributed by atoms with E-state index in [1.807, 2.05) is 19.3 Å². The molecule has 0 unspecified atom stereocenters. The van der Waals surface area contributed by atoms with E-state index in [0.29, 0.717) is 13.2 Å². The van der Waals surface area contributed by atoms with Crippen LogP contribution < -0.4 is 5.32 Å². The van der Waals surface area contributed by atoms with E-state index in [2.05, 4.69) is 10.2 Å². The molecule has 1 N–H and O–H groups in total. The van der Waals surface area contributed by atoms with E-state index in [9.17, 15) is 4.57 Å². The summed E-state index contributed by atoms with van der Waals surface area (Å²) >= 11 is 0. The largest absolute Gasteiger partial charge is 0.383 e. The molecule has 0 aromatic rings. The smallest absolute Gasteiger partial charge is 0.356 e. The Hall–Kier alpha value is -0.770. The summed E-state index contributed by atoms with van der Waals surface area (Å²) in [7, 11) is -1.13. The van der Waals surface area contributed by atoms with Gasteiger partial charge in [-0.15, -0.1) is 0 Å². The minimum Gasteiger partial charge on any atom is -0.383 e. The van der Waals surface area contributed by atoms with Crippen LogP contribution in [0.15, 0.2) is 23.8 Å². The maximum atomic E-state index is 12.3. The molecule has 1 heterocycles. The van der Waals surface area contributed by atoms with Crippen molar-refractivity contribution in [2.45, 2.75) is 13.8 Å². The average molecular weight is 260 g/mol. The third-order valence-electron chi connectivity index (χ3n) is 2.22. The van der Waals surface area contributed by atoms with Gasteiger partial charge in [-0.25, -0.2) is 0 Å². The molecule has 98 valence electrons. The maximum absolute atomic E-state index is 12.3. The van der Waals surface area contributed by atoms with Gasteiger partial charge in [0.2, 0.25) is 0 Å². The number of hydrogen-bond donors (Lipinski definition) is 1. The molecule has 17 heavy (non-hydrogen) atoms. The van der Waals surface area contributed by atoms with Crippen molar-refractivity contribution in [1.29, 1.82) is 0 Å². The molecular weight excluding hydrogens is 239 g/mol. The minimum absolute atomic E-state index is 0.366. The second kappa shape index (κ2) is 6.84. The van der Waals surface area contributed by atoms with E-state index in [1.165, 1.54) is 0 Å². The highest BCUT2D eigenvalue weighted by atomic mass is 31.2. The Morgan fingerprint density at radius 3 is 2.71 bits per heavy atom. The molecule has 0 spiro atoms. The van der Waals surface area contributed by atoms with Crippen molar-refractivity contribution in [3.8, 4) is 0 Å². The van der Waals surface area contributed by atoms with E-state index >= 15 is 0 Å². The Balaban J connectivity index is 2.82. The Labute approximate surface area is 103 Å². The summed E-state index contributed by atoms with van der Waals surface area (Å²) in [4.78, 5) is 2.06. The monoisotopic (exact) mass is 260 g/mol. The molecule has 0 saturated carbocycles. The molecule has 0 radical (unpaired) electrons. The van der Waals surface area contributed by atoms with E-state index in [-0.39, 0.29) is 0 Å². The van der Waals surface area contributed by atoms with Crippen LogP contribution in [0.2, 0.25) is 0 Å². The molecule has 0 saturated heterocycles. The first-order valence-electron chi connectivity index (χ1n) is 5.83. The van der Waals surface area contributed by atoms with Gasteiger partial charge in [-0.05, 0) is 19.9 Å². The summed E-state index contributed by atoms with van der Waals surface area (Å²) in [6.45, 7) is 6.03. The van der Waals surface area contributed by atoms with Crippen LogP contribution in [0.5, 0.6) is 0 Å². The first kappa shape index (κ1) is 14.3. The van der Waals surface area contributed by atoms with E-state index in [0.717, 1.165) is 18.8 Å². The van der Waals surface area contributed by atoms with E-state index in [1.54, 1.807) is 19.7 Å². The fourth-order valence-corrected chi connectivity index (χ4v) is 2.91. The second-order valence-corrected chi connectivity index (χ2v) is 5.54. The van der Waals surface area contributed by atoms with Crippen molar-refractivity contribution < 1.29 is 13.6 Å². The lowest BCUT2D eigenvalue weighted by Crippen LogP contribution is -2.21. The van der Waals surface area contributed by atoms with Crippen LogP contribution in [0, 0.1) is 0 Å². The predicted octanol–water partition coefficient (Wildman–Crippen LogP) is 2.14. The van der Waals surface area contributed by atoms with Crippen molar-refractivity contribution in [1.82, 2.24) is 10.2 Å². The number of hydrogen-bond acceptors (Lipinski definition) is 5. The topological polar surface area (TPSA) is 50.8 Å². The highest BCUT2D eigenvalue weighted by Crippen LogP contribution is 2.50. The molecule has 0 atom stereocenters. The van der Waals surface area contributed by atoms with Gasteiger partial charge >= 0.3 is 7.60 Å². The molecule has 0 aromatic heterocycles. The molecule has 6 heteroatoms. The summed E-state index contributed by atoms with van der Waals surface area (Å²) in [5, 5.41) is 3.18. The molecule has 1 aliphatic rings. The molecular formula is C11H21N2O3P. The Morgan fingerprint density at radius 2 is 2.12 bits per heavy atom. The van der Waals surface area contributed by atoms with E-state index < -0.39 is 7.60 Å². The zero-order valence-electron chi connectivity index (χ0n) is 10.7. The van der Waals surface area contributed by atoms with Crippen LogP contribution in [0.1, 0.15) is 13.8 Å². The van der Waals surface area contributed by atoms with Crippen LogP contribution in [0.3, 0.4) is 0 Å². The van der Waals surface area contributed by atoms with Gasteiger partial charge in [-0.1, -0.05) is 0 Å². The average Bonchev–Trinajstić information content (AvgIpc) is 2.44. The van der Waals surface area contributed by atoms with Crippen LogP contribution in [0.25, 0.3) is 0 Å². The van der Waals surface area contributed by atoms with Crippen molar-refractivity contribution in [3.63, 3.8) is 0 Å². The molecule has 0 bridgehead atoms. The zero-order chi connectivity index (χ0) is 12.7. The lowest BCUT2D eigenvalue weighted by molar-refractivity contribution is 0.228. The summed E-state index contributed by atoms with van der Waals surface area (Å²) in [6.07, 6.45) is 3.81. The van der Waals surface area contributed by atoms with E-state index in [4.69, 9.17) is 9.05 Å². The molecule has 0 aliphatic carbocycles. The summed E-state index contributed by atoms with van der Waals surface area (Å²) in [5.74, 6) is 1.55. The number of rotatable bonds is 5. The number of allylic oxidation sites excluding steroid dienone is 1. The number of nitrogens with zero attached hydrogens (tertiary/aromatic N) is 1. The first-order chi connectivity index (χ1) is 8.09. The fraction of sp³-hybridized carbons (Fsp3) is 0.636. The lowest BCUT2D eigenvalue weighted by Gasteiger charge is -2.14. The normalized spacial score (nSPS) is 19.2. The Morgan fingerprint density at radius 1 is 1.47 bits per heavy atom. The zero-order valence-corrected chi connectivity index (χ0v) is 11.6. The van der Waals surface area contributed by atoms with Gasteiger partial charge in [0.15, 0.2) is 0 Å². The van der Waals surface area contributed by atoms with Crippen LogP contribution in [0.4, 0.5) is 0 Å². The number of nitrogens with one attached hydrogen (secondary N) is 1. The van der Waals surface area contributed by atoms with Gasteiger partial charge in [0.05, 0.1) is 19.0 Å². The standard InChI is InChI=1S/C11H21N2O3P/c1-4-15-17(14,16-5-2)10-11-6-8-13(3)9-7-12-11/h6,8,10,12H,4-5,7,9H2,1-3H3/b11-10+. The maximum Gasteiger partial charge on any atom is 0.356 e. The SMILES string of the molecule is CCOP(=O)(/C=C1\C=CN(C)CCN1)OCC. The highest BCUT2D eigenvalue weighted by molar-refractivity contribution is 7.57. The van der Waals surface area contributed by atoms with Gasteiger partial charge in [-0.3, -0.25) is 4.57 Å². The van der Waals surface area contributed by atoms with Crippen molar-refractivity contribution >= 4 is 7.60 Å². The minimum atomic E-state index is -3.12. The van der Waals surface area contributed by atoms with Gasteiger partial charge < -0.3 is 19.3 Å². The number of likely N-dealkylation sites (N-methyl/N-ethyl adjacent to an activating group) is 1. The Bertz CT molecular complexity index is 332. The first-order valence-corrected chi connectivity index (χ1v) is 7.45. The third kappa shape index (κ3) is 4.94. The molecule has 0 fully saturated rings. The highest BCUT2D eigenvalue weighted by Gasteiger charge is 2.21. The van der Waals surface area contributed by atoms with Crippen molar-refractivity contribution in [2.75, 3.05) is 33.4 Å². The van der Waals surface area contributed by atoms with Crippen molar-refractivity contribution in [2.24, 2.45) is 0 Å². The van der Waals surface area contributed by atoms with Crippen LogP contribution in [-0.4, -0.2) is 38.3 Å². The van der Waals surface area contributed by atoms with Gasteiger partial charge in [0.25, 0.3) is 0 Å². The quantitative estimate of drug-likeness (QED) is 0.767.